The Morgan fingerprint density at radius 1 is 1.27 bits per heavy atom. The van der Waals surface area contributed by atoms with E-state index in [9.17, 15) is 4.79 Å². The van der Waals surface area contributed by atoms with Crippen LogP contribution < -0.4 is 10.6 Å². The molecule has 0 unspecified atom stereocenters. The van der Waals surface area contributed by atoms with Gasteiger partial charge < -0.3 is 10.6 Å². The van der Waals surface area contributed by atoms with Gasteiger partial charge in [0.1, 0.15) is 11.6 Å². The van der Waals surface area contributed by atoms with Crippen molar-refractivity contribution in [2.24, 2.45) is 0 Å². The van der Waals surface area contributed by atoms with Crippen LogP contribution in [0.5, 0.6) is 0 Å². The normalized spacial score (nSPS) is 13.7. The molecule has 2 aromatic rings. The highest BCUT2D eigenvalue weighted by molar-refractivity contribution is 5.89. The second-order valence-corrected chi connectivity index (χ2v) is 5.69. The van der Waals surface area contributed by atoms with Gasteiger partial charge in [-0.15, -0.1) is 0 Å². The number of aromatic nitrogens is 2. The molecular weight excluding hydrogens is 276 g/mol. The maximum atomic E-state index is 11.3. The second-order valence-electron chi connectivity index (χ2n) is 5.69. The van der Waals surface area contributed by atoms with E-state index in [0.717, 1.165) is 28.6 Å². The van der Waals surface area contributed by atoms with Crippen LogP contribution in [0.2, 0.25) is 0 Å². The van der Waals surface area contributed by atoms with Gasteiger partial charge in [-0.3, -0.25) is 4.79 Å². The molecule has 1 amide bonds. The van der Waals surface area contributed by atoms with Gasteiger partial charge in [-0.1, -0.05) is 18.2 Å². The van der Waals surface area contributed by atoms with Crippen molar-refractivity contribution in [3.8, 4) is 0 Å². The molecule has 0 saturated heterocycles. The minimum Gasteiger partial charge on any atom is -0.366 e. The summed E-state index contributed by atoms with van der Waals surface area (Å²) in [5.74, 6) is 2.17. The molecule has 5 nitrogen and oxygen atoms in total. The van der Waals surface area contributed by atoms with Gasteiger partial charge in [-0.2, -0.15) is 0 Å². The van der Waals surface area contributed by atoms with E-state index in [0.29, 0.717) is 12.5 Å². The number of rotatable bonds is 5. The third-order valence-electron chi connectivity index (χ3n) is 3.64. The van der Waals surface area contributed by atoms with Crippen molar-refractivity contribution in [3.05, 3.63) is 47.4 Å². The van der Waals surface area contributed by atoms with Crippen LogP contribution in [-0.2, 0) is 11.3 Å². The highest BCUT2D eigenvalue weighted by atomic mass is 16.1. The van der Waals surface area contributed by atoms with Crippen LogP contribution in [0, 0.1) is 6.92 Å². The lowest BCUT2D eigenvalue weighted by Crippen LogP contribution is -2.11. The zero-order chi connectivity index (χ0) is 15.5. The SMILES string of the molecule is CC(=O)Nc1ccccc1CNc1cc(C2CC2)nc(C)n1. The van der Waals surface area contributed by atoms with Gasteiger partial charge in [0.15, 0.2) is 0 Å². The van der Waals surface area contributed by atoms with Gasteiger partial charge in [0.25, 0.3) is 0 Å². The lowest BCUT2D eigenvalue weighted by molar-refractivity contribution is -0.114. The fourth-order valence-corrected chi connectivity index (χ4v) is 2.44. The molecule has 0 radical (unpaired) electrons. The van der Waals surface area contributed by atoms with E-state index in [4.69, 9.17) is 0 Å². The number of carbonyl (C=O) groups is 1. The largest absolute Gasteiger partial charge is 0.366 e. The van der Waals surface area contributed by atoms with Crippen molar-refractivity contribution < 1.29 is 4.79 Å². The summed E-state index contributed by atoms with van der Waals surface area (Å²) < 4.78 is 0. The molecule has 2 N–H and O–H groups in total. The Kier molecular flexibility index (Phi) is 4.04. The second kappa shape index (κ2) is 6.13. The quantitative estimate of drug-likeness (QED) is 0.889. The third kappa shape index (κ3) is 3.61. The predicted molar refractivity (Wildman–Crippen MR) is 86.8 cm³/mol. The van der Waals surface area contributed by atoms with Gasteiger partial charge in [-0.25, -0.2) is 9.97 Å². The van der Waals surface area contributed by atoms with Crippen LogP contribution in [0.1, 0.15) is 42.8 Å². The molecule has 1 aromatic carbocycles. The number of para-hydroxylation sites is 1. The number of hydrogen-bond donors (Lipinski definition) is 2. The van der Waals surface area contributed by atoms with Crippen LogP contribution in [-0.4, -0.2) is 15.9 Å². The predicted octanol–water partition coefficient (Wildman–Crippen LogP) is 3.23. The summed E-state index contributed by atoms with van der Waals surface area (Å²) in [5.41, 5.74) is 2.99. The molecule has 1 aromatic heterocycles. The molecule has 1 fully saturated rings. The lowest BCUT2D eigenvalue weighted by atomic mass is 10.1. The zero-order valence-corrected chi connectivity index (χ0v) is 12.9. The number of amides is 1. The topological polar surface area (TPSA) is 66.9 Å². The average Bonchev–Trinajstić information content (AvgIpc) is 3.30. The molecule has 0 bridgehead atoms. The highest BCUT2D eigenvalue weighted by Crippen LogP contribution is 2.39. The van der Waals surface area contributed by atoms with Crippen molar-refractivity contribution >= 4 is 17.4 Å². The summed E-state index contributed by atoms with van der Waals surface area (Å²) >= 11 is 0. The Morgan fingerprint density at radius 2 is 2.05 bits per heavy atom. The molecule has 0 atom stereocenters. The summed E-state index contributed by atoms with van der Waals surface area (Å²) in [6, 6.07) is 9.80. The Morgan fingerprint density at radius 3 is 2.77 bits per heavy atom. The van der Waals surface area contributed by atoms with Crippen LogP contribution in [0.25, 0.3) is 0 Å². The Balaban J connectivity index is 1.74. The van der Waals surface area contributed by atoms with Crippen molar-refractivity contribution in [1.29, 1.82) is 0 Å². The first-order valence-corrected chi connectivity index (χ1v) is 7.57. The molecule has 1 aliphatic carbocycles. The van der Waals surface area contributed by atoms with E-state index in [2.05, 4.69) is 20.6 Å². The van der Waals surface area contributed by atoms with Gasteiger partial charge in [0.05, 0.1) is 0 Å². The fraction of sp³-hybridized carbons (Fsp3) is 0.353. The van der Waals surface area contributed by atoms with E-state index >= 15 is 0 Å². The molecule has 3 rings (SSSR count). The first kappa shape index (κ1) is 14.5. The van der Waals surface area contributed by atoms with Crippen LogP contribution >= 0.6 is 0 Å². The summed E-state index contributed by atoms with van der Waals surface area (Å²) in [6.07, 6.45) is 2.45. The summed E-state index contributed by atoms with van der Waals surface area (Å²) in [4.78, 5) is 20.2. The van der Waals surface area contributed by atoms with E-state index in [1.165, 1.54) is 19.8 Å². The Labute approximate surface area is 130 Å². The van der Waals surface area contributed by atoms with Crippen molar-refractivity contribution in [2.75, 3.05) is 10.6 Å². The summed E-state index contributed by atoms with van der Waals surface area (Å²) in [7, 11) is 0. The van der Waals surface area contributed by atoms with Gasteiger partial charge in [-0.05, 0) is 31.4 Å². The van der Waals surface area contributed by atoms with Crippen LogP contribution in [0.4, 0.5) is 11.5 Å². The van der Waals surface area contributed by atoms with Crippen molar-refractivity contribution in [3.63, 3.8) is 0 Å². The molecule has 1 aliphatic rings. The minimum absolute atomic E-state index is 0.0682. The number of carbonyl (C=O) groups excluding carboxylic acids is 1. The molecule has 0 spiro atoms. The van der Waals surface area contributed by atoms with E-state index in [1.807, 2.05) is 37.3 Å². The smallest absolute Gasteiger partial charge is 0.221 e. The molecule has 5 heteroatoms. The van der Waals surface area contributed by atoms with Gasteiger partial charge in [0, 0.05) is 36.8 Å². The first-order valence-electron chi connectivity index (χ1n) is 7.57. The Hall–Kier alpha value is -2.43. The number of benzene rings is 1. The molecule has 1 heterocycles. The highest BCUT2D eigenvalue weighted by Gasteiger charge is 2.25. The molecular formula is C17H20N4O. The number of anilines is 2. The third-order valence-corrected chi connectivity index (χ3v) is 3.64. The average molecular weight is 296 g/mol. The van der Waals surface area contributed by atoms with Crippen molar-refractivity contribution in [2.45, 2.75) is 39.2 Å². The lowest BCUT2D eigenvalue weighted by Gasteiger charge is -2.12. The maximum absolute atomic E-state index is 11.3. The van der Waals surface area contributed by atoms with E-state index < -0.39 is 0 Å². The number of aryl methyl sites for hydroxylation is 1. The van der Waals surface area contributed by atoms with E-state index in [-0.39, 0.29) is 5.91 Å². The van der Waals surface area contributed by atoms with Crippen molar-refractivity contribution in [1.82, 2.24) is 9.97 Å². The van der Waals surface area contributed by atoms with Crippen LogP contribution in [0.3, 0.4) is 0 Å². The number of nitrogens with one attached hydrogen (secondary N) is 2. The van der Waals surface area contributed by atoms with Crippen LogP contribution in [0.15, 0.2) is 30.3 Å². The molecule has 0 aliphatic heterocycles. The first-order chi connectivity index (χ1) is 10.6. The zero-order valence-electron chi connectivity index (χ0n) is 12.9. The summed E-state index contributed by atoms with van der Waals surface area (Å²) in [6.45, 7) is 4.04. The molecule has 1 saturated carbocycles. The number of nitrogens with zero attached hydrogens (tertiary/aromatic N) is 2. The molecule has 22 heavy (non-hydrogen) atoms. The minimum atomic E-state index is -0.0682. The summed E-state index contributed by atoms with van der Waals surface area (Å²) in [5, 5.41) is 6.19. The van der Waals surface area contributed by atoms with Gasteiger partial charge in [0.2, 0.25) is 5.91 Å². The molecule has 114 valence electrons. The standard InChI is InChI=1S/C17H20N4O/c1-11-19-16(13-7-8-13)9-17(20-11)18-10-14-5-3-4-6-15(14)21-12(2)22/h3-6,9,13H,7-8,10H2,1-2H3,(H,21,22)(H,18,19,20). The number of hydrogen-bond acceptors (Lipinski definition) is 4. The fourth-order valence-electron chi connectivity index (χ4n) is 2.44. The monoisotopic (exact) mass is 296 g/mol. The Bertz CT molecular complexity index is 695. The maximum Gasteiger partial charge on any atom is 0.221 e. The van der Waals surface area contributed by atoms with E-state index in [1.54, 1.807) is 0 Å². The van der Waals surface area contributed by atoms with Gasteiger partial charge >= 0.3 is 0 Å².